The van der Waals surface area contributed by atoms with E-state index in [1.54, 1.807) is 24.3 Å². The molecular formula is C13H19NO3S. The third-order valence-electron chi connectivity index (χ3n) is 3.07. The summed E-state index contributed by atoms with van der Waals surface area (Å²) in [4.78, 5) is 0.305. The van der Waals surface area contributed by atoms with Gasteiger partial charge in [0, 0.05) is 12.8 Å². The van der Waals surface area contributed by atoms with Gasteiger partial charge in [-0.15, -0.1) is 0 Å². The van der Waals surface area contributed by atoms with Crippen LogP contribution in [-0.4, -0.2) is 33.4 Å². The molecule has 0 saturated heterocycles. The highest BCUT2D eigenvalue weighted by molar-refractivity contribution is 7.90. The van der Waals surface area contributed by atoms with Crippen molar-refractivity contribution in [2.24, 2.45) is 0 Å². The Morgan fingerprint density at radius 3 is 2.67 bits per heavy atom. The van der Waals surface area contributed by atoms with Crippen LogP contribution in [0.15, 0.2) is 29.2 Å². The Hall–Kier alpha value is -1.07. The molecule has 1 N–H and O–H groups in total. The van der Waals surface area contributed by atoms with Crippen molar-refractivity contribution < 1.29 is 13.2 Å². The summed E-state index contributed by atoms with van der Waals surface area (Å²) in [6, 6.07) is 6.71. The molecule has 1 fully saturated rings. The molecule has 0 aromatic heterocycles. The minimum absolute atomic E-state index is 0.133. The molecule has 2 rings (SSSR count). The molecule has 5 heteroatoms. The van der Waals surface area contributed by atoms with Crippen molar-refractivity contribution in [3.63, 3.8) is 0 Å². The highest BCUT2D eigenvalue weighted by atomic mass is 32.2. The van der Waals surface area contributed by atoms with Crippen molar-refractivity contribution in [1.82, 2.24) is 5.32 Å². The Balaban J connectivity index is 2.11. The molecule has 0 bridgehead atoms. The molecule has 4 nitrogen and oxygen atoms in total. The lowest BCUT2D eigenvalue weighted by Crippen LogP contribution is -2.33. The average Bonchev–Trinajstić information content (AvgIpc) is 3.06. The highest BCUT2D eigenvalue weighted by Gasteiger charge is 2.45. The number of hydrogen-bond acceptors (Lipinski definition) is 4. The molecule has 1 saturated carbocycles. The fourth-order valence-corrected chi connectivity index (χ4v) is 2.48. The SMILES string of the molecule is CCNCC1(Oc2cccc(S(C)(=O)=O)c2)CC1. The summed E-state index contributed by atoms with van der Waals surface area (Å²) in [6.07, 6.45) is 3.24. The van der Waals surface area contributed by atoms with Crippen molar-refractivity contribution in [2.45, 2.75) is 30.3 Å². The van der Waals surface area contributed by atoms with Crippen LogP contribution in [0.2, 0.25) is 0 Å². The summed E-state index contributed by atoms with van der Waals surface area (Å²) in [5.74, 6) is 0.633. The molecule has 18 heavy (non-hydrogen) atoms. The minimum Gasteiger partial charge on any atom is -0.486 e. The second-order valence-corrected chi connectivity index (χ2v) is 6.83. The number of benzene rings is 1. The number of ether oxygens (including phenoxy) is 1. The summed E-state index contributed by atoms with van der Waals surface area (Å²) in [5, 5.41) is 3.27. The maximum atomic E-state index is 11.5. The van der Waals surface area contributed by atoms with E-state index in [4.69, 9.17) is 4.74 Å². The Morgan fingerprint density at radius 1 is 1.39 bits per heavy atom. The molecule has 1 aromatic carbocycles. The maximum Gasteiger partial charge on any atom is 0.175 e. The first kappa shape index (κ1) is 13.4. The van der Waals surface area contributed by atoms with Crippen LogP contribution >= 0.6 is 0 Å². The zero-order valence-corrected chi connectivity index (χ0v) is 11.6. The van der Waals surface area contributed by atoms with Crippen LogP contribution in [0.3, 0.4) is 0 Å². The van der Waals surface area contributed by atoms with Gasteiger partial charge in [-0.25, -0.2) is 8.42 Å². The zero-order chi connectivity index (χ0) is 13.2. The average molecular weight is 269 g/mol. The van der Waals surface area contributed by atoms with Crippen LogP contribution in [-0.2, 0) is 9.84 Å². The fraction of sp³-hybridized carbons (Fsp3) is 0.538. The van der Waals surface area contributed by atoms with Crippen LogP contribution in [0.5, 0.6) is 5.75 Å². The minimum atomic E-state index is -3.17. The first-order valence-corrected chi connectivity index (χ1v) is 8.04. The van der Waals surface area contributed by atoms with Gasteiger partial charge >= 0.3 is 0 Å². The largest absolute Gasteiger partial charge is 0.486 e. The highest BCUT2D eigenvalue weighted by Crippen LogP contribution is 2.40. The van der Waals surface area contributed by atoms with Crippen LogP contribution < -0.4 is 10.1 Å². The topological polar surface area (TPSA) is 55.4 Å². The third kappa shape index (κ3) is 3.23. The predicted molar refractivity (Wildman–Crippen MR) is 70.7 cm³/mol. The van der Waals surface area contributed by atoms with E-state index < -0.39 is 9.84 Å². The van der Waals surface area contributed by atoms with Gasteiger partial charge in [-0.2, -0.15) is 0 Å². The molecule has 0 spiro atoms. The van der Waals surface area contributed by atoms with Gasteiger partial charge in [-0.05, 0) is 37.6 Å². The molecule has 1 aromatic rings. The van der Waals surface area contributed by atoms with Crippen molar-refractivity contribution >= 4 is 9.84 Å². The van der Waals surface area contributed by atoms with Crippen LogP contribution in [0.1, 0.15) is 19.8 Å². The zero-order valence-electron chi connectivity index (χ0n) is 10.8. The monoisotopic (exact) mass is 269 g/mol. The Labute approximate surface area is 108 Å². The van der Waals surface area contributed by atoms with Gasteiger partial charge in [0.2, 0.25) is 0 Å². The lowest BCUT2D eigenvalue weighted by atomic mass is 10.3. The van der Waals surface area contributed by atoms with Gasteiger partial charge in [0.1, 0.15) is 11.4 Å². The molecule has 0 radical (unpaired) electrons. The quantitative estimate of drug-likeness (QED) is 0.852. The third-order valence-corrected chi connectivity index (χ3v) is 4.18. The first-order chi connectivity index (χ1) is 8.45. The molecule has 1 aliphatic rings. The van der Waals surface area contributed by atoms with Crippen molar-refractivity contribution in [2.75, 3.05) is 19.3 Å². The van der Waals surface area contributed by atoms with Gasteiger partial charge < -0.3 is 10.1 Å². The van der Waals surface area contributed by atoms with Crippen molar-refractivity contribution in [3.05, 3.63) is 24.3 Å². The number of hydrogen-bond donors (Lipinski definition) is 1. The smallest absolute Gasteiger partial charge is 0.175 e. The van der Waals surface area contributed by atoms with E-state index in [2.05, 4.69) is 12.2 Å². The lowest BCUT2D eigenvalue weighted by molar-refractivity contribution is 0.176. The summed E-state index contributed by atoms with van der Waals surface area (Å²) in [5.41, 5.74) is -0.133. The second-order valence-electron chi connectivity index (χ2n) is 4.81. The van der Waals surface area contributed by atoms with Gasteiger partial charge in [0.15, 0.2) is 9.84 Å². The van der Waals surface area contributed by atoms with Crippen molar-refractivity contribution in [3.8, 4) is 5.75 Å². The summed E-state index contributed by atoms with van der Waals surface area (Å²) in [7, 11) is -3.17. The Kier molecular flexibility index (Phi) is 3.64. The van der Waals surface area contributed by atoms with E-state index in [1.807, 2.05) is 0 Å². The molecule has 0 heterocycles. The van der Waals surface area contributed by atoms with E-state index in [9.17, 15) is 8.42 Å². The van der Waals surface area contributed by atoms with Gasteiger partial charge in [0.25, 0.3) is 0 Å². The molecule has 100 valence electrons. The van der Waals surface area contributed by atoms with Gasteiger partial charge in [0.05, 0.1) is 4.90 Å². The van der Waals surface area contributed by atoms with Crippen LogP contribution in [0.4, 0.5) is 0 Å². The van der Waals surface area contributed by atoms with E-state index in [-0.39, 0.29) is 5.60 Å². The molecule has 0 aliphatic heterocycles. The molecular weight excluding hydrogens is 250 g/mol. The number of likely N-dealkylation sites (N-methyl/N-ethyl adjacent to an activating group) is 1. The molecule has 0 atom stereocenters. The summed E-state index contributed by atoms with van der Waals surface area (Å²) < 4.78 is 28.9. The molecule has 1 aliphatic carbocycles. The fourth-order valence-electron chi connectivity index (χ4n) is 1.83. The number of nitrogens with one attached hydrogen (secondary N) is 1. The normalized spacial score (nSPS) is 17.4. The van der Waals surface area contributed by atoms with Crippen LogP contribution in [0, 0.1) is 0 Å². The number of sulfone groups is 1. The number of rotatable bonds is 6. The van der Waals surface area contributed by atoms with E-state index >= 15 is 0 Å². The Bertz CT molecular complexity index is 521. The predicted octanol–water partition coefficient (Wildman–Crippen LogP) is 1.61. The molecule has 0 unspecified atom stereocenters. The standard InChI is InChI=1S/C13H19NO3S/c1-3-14-10-13(7-8-13)17-11-5-4-6-12(9-11)18(2,15)16/h4-6,9,14H,3,7-8,10H2,1-2H3. The van der Waals surface area contributed by atoms with Gasteiger partial charge in [-0.1, -0.05) is 13.0 Å². The van der Waals surface area contributed by atoms with Crippen LogP contribution in [0.25, 0.3) is 0 Å². The molecule has 0 amide bonds. The van der Waals surface area contributed by atoms with E-state index in [0.29, 0.717) is 10.6 Å². The van der Waals surface area contributed by atoms with Gasteiger partial charge in [-0.3, -0.25) is 0 Å². The maximum absolute atomic E-state index is 11.5. The first-order valence-electron chi connectivity index (χ1n) is 6.15. The summed E-state index contributed by atoms with van der Waals surface area (Å²) >= 11 is 0. The summed E-state index contributed by atoms with van der Waals surface area (Å²) in [6.45, 7) is 3.78. The lowest BCUT2D eigenvalue weighted by Gasteiger charge is -2.18. The Morgan fingerprint density at radius 2 is 2.11 bits per heavy atom. The van der Waals surface area contributed by atoms with E-state index in [0.717, 1.165) is 25.9 Å². The van der Waals surface area contributed by atoms with Crippen molar-refractivity contribution in [1.29, 1.82) is 0 Å². The van der Waals surface area contributed by atoms with E-state index in [1.165, 1.54) is 6.26 Å². The second kappa shape index (κ2) is 4.90.